The van der Waals surface area contributed by atoms with Gasteiger partial charge < -0.3 is 15.2 Å². The molecule has 0 aromatic carbocycles. The first-order chi connectivity index (χ1) is 9.95. The lowest BCUT2D eigenvalue weighted by molar-refractivity contribution is -0.146. The fraction of sp³-hybridized carbons (Fsp3) is 0.875. The molecule has 0 bridgehead atoms. The summed E-state index contributed by atoms with van der Waals surface area (Å²) in [6, 6.07) is 0. The van der Waals surface area contributed by atoms with Gasteiger partial charge in [-0.05, 0) is 37.0 Å². The minimum atomic E-state index is -0.830. The van der Waals surface area contributed by atoms with Gasteiger partial charge >= 0.3 is 5.97 Å². The maximum Gasteiger partial charge on any atom is 0.307 e. The summed E-state index contributed by atoms with van der Waals surface area (Å²) in [5, 5.41) is 12.3. The van der Waals surface area contributed by atoms with E-state index in [0.717, 1.165) is 32.5 Å². The van der Waals surface area contributed by atoms with E-state index in [2.05, 4.69) is 19.2 Å². The van der Waals surface area contributed by atoms with Crippen molar-refractivity contribution in [2.45, 2.75) is 46.0 Å². The van der Waals surface area contributed by atoms with Gasteiger partial charge in [-0.3, -0.25) is 9.59 Å². The van der Waals surface area contributed by atoms with E-state index in [1.54, 1.807) is 0 Å². The van der Waals surface area contributed by atoms with Crippen molar-refractivity contribution < 1.29 is 19.4 Å². The first kappa shape index (κ1) is 16.3. The third-order valence-electron chi connectivity index (χ3n) is 5.28. The van der Waals surface area contributed by atoms with Crippen LogP contribution in [0.5, 0.6) is 0 Å². The van der Waals surface area contributed by atoms with Crippen LogP contribution < -0.4 is 5.32 Å². The first-order valence-electron chi connectivity index (χ1n) is 8.03. The van der Waals surface area contributed by atoms with Gasteiger partial charge in [-0.25, -0.2) is 0 Å². The number of ether oxygens (including phenoxy) is 1. The predicted molar refractivity (Wildman–Crippen MR) is 78.8 cm³/mol. The van der Waals surface area contributed by atoms with Crippen LogP contribution in [0, 0.1) is 23.2 Å². The summed E-state index contributed by atoms with van der Waals surface area (Å²) >= 11 is 0. The van der Waals surface area contributed by atoms with Crippen molar-refractivity contribution in [3.8, 4) is 0 Å². The van der Waals surface area contributed by atoms with Crippen LogP contribution in [0.1, 0.15) is 46.0 Å². The number of amides is 1. The van der Waals surface area contributed by atoms with Crippen molar-refractivity contribution >= 4 is 11.9 Å². The number of hydrogen-bond donors (Lipinski definition) is 2. The zero-order chi connectivity index (χ0) is 15.5. The second kappa shape index (κ2) is 6.77. The molecule has 3 atom stereocenters. The van der Waals surface area contributed by atoms with E-state index in [0.29, 0.717) is 25.3 Å². The van der Waals surface area contributed by atoms with Crippen molar-refractivity contribution in [1.82, 2.24) is 5.32 Å². The number of carboxylic acids is 1. The van der Waals surface area contributed by atoms with Gasteiger partial charge in [0.1, 0.15) is 0 Å². The van der Waals surface area contributed by atoms with Crippen LogP contribution >= 0.6 is 0 Å². The number of aliphatic carboxylic acids is 1. The van der Waals surface area contributed by atoms with Crippen molar-refractivity contribution in [3.63, 3.8) is 0 Å². The number of rotatable bonds is 5. The van der Waals surface area contributed by atoms with E-state index in [4.69, 9.17) is 4.74 Å². The number of hydrogen-bond acceptors (Lipinski definition) is 3. The van der Waals surface area contributed by atoms with Gasteiger partial charge in [-0.2, -0.15) is 0 Å². The fourth-order valence-electron chi connectivity index (χ4n) is 3.51. The Kier molecular flexibility index (Phi) is 5.25. The molecule has 5 heteroatoms. The Hall–Kier alpha value is -1.10. The minimum Gasteiger partial charge on any atom is -0.481 e. The van der Waals surface area contributed by atoms with Crippen molar-refractivity contribution in [2.75, 3.05) is 19.8 Å². The molecule has 1 amide bonds. The third-order valence-corrected chi connectivity index (χ3v) is 5.28. The molecule has 1 saturated carbocycles. The molecule has 5 nitrogen and oxygen atoms in total. The second-order valence-electron chi connectivity index (χ2n) is 6.94. The summed E-state index contributed by atoms with van der Waals surface area (Å²) in [6.07, 6.45) is 4.17. The van der Waals surface area contributed by atoms with Crippen LogP contribution in [0.3, 0.4) is 0 Å². The number of carbonyl (C=O) groups excluding carboxylic acids is 1. The van der Waals surface area contributed by atoms with Crippen molar-refractivity contribution in [1.29, 1.82) is 0 Å². The molecule has 1 heterocycles. The second-order valence-corrected chi connectivity index (χ2v) is 6.94. The monoisotopic (exact) mass is 297 g/mol. The molecule has 2 fully saturated rings. The molecule has 0 aromatic rings. The standard InChI is InChI=1S/C16H27NO4/c1-3-11-8-12(13(9-11)15(19)20)14(18)17-10-16(2)4-6-21-7-5-16/h11-13H,3-10H2,1-2H3,(H,17,18)(H,19,20). The van der Waals surface area contributed by atoms with E-state index in [1.165, 1.54) is 0 Å². The summed E-state index contributed by atoms with van der Waals surface area (Å²) in [5.41, 5.74) is 0.0788. The third kappa shape index (κ3) is 3.96. The zero-order valence-electron chi connectivity index (χ0n) is 13.1. The topological polar surface area (TPSA) is 75.6 Å². The first-order valence-corrected chi connectivity index (χ1v) is 8.03. The molecule has 21 heavy (non-hydrogen) atoms. The van der Waals surface area contributed by atoms with Crippen molar-refractivity contribution in [3.05, 3.63) is 0 Å². The molecule has 0 aromatic heterocycles. The molecule has 3 unspecified atom stereocenters. The molecule has 2 N–H and O–H groups in total. The lowest BCUT2D eigenvalue weighted by Gasteiger charge is -2.34. The molecular formula is C16H27NO4. The summed E-state index contributed by atoms with van der Waals surface area (Å²) in [5.74, 6) is -1.43. The zero-order valence-corrected chi connectivity index (χ0v) is 13.1. The lowest BCUT2D eigenvalue weighted by atomic mass is 9.82. The number of carbonyl (C=O) groups is 2. The van der Waals surface area contributed by atoms with E-state index < -0.39 is 11.9 Å². The highest BCUT2D eigenvalue weighted by atomic mass is 16.5. The number of nitrogens with one attached hydrogen (secondary N) is 1. The van der Waals surface area contributed by atoms with Gasteiger partial charge in [0.05, 0.1) is 11.8 Å². The van der Waals surface area contributed by atoms with Gasteiger partial charge in [0.25, 0.3) is 0 Å². The summed E-state index contributed by atoms with van der Waals surface area (Å²) < 4.78 is 5.36. The highest BCUT2D eigenvalue weighted by Gasteiger charge is 2.42. The van der Waals surface area contributed by atoms with E-state index in [9.17, 15) is 14.7 Å². The molecular weight excluding hydrogens is 270 g/mol. The Morgan fingerprint density at radius 2 is 1.86 bits per heavy atom. The maximum atomic E-state index is 12.4. The molecule has 2 rings (SSSR count). The van der Waals surface area contributed by atoms with Crippen LogP contribution in [-0.2, 0) is 14.3 Å². The Bertz CT molecular complexity index is 390. The summed E-state index contributed by atoms with van der Waals surface area (Å²) in [4.78, 5) is 23.8. The number of carboxylic acid groups (broad SMARTS) is 1. The molecule has 0 spiro atoms. The Morgan fingerprint density at radius 3 is 2.43 bits per heavy atom. The molecule has 2 aliphatic rings. The van der Waals surface area contributed by atoms with E-state index in [-0.39, 0.29) is 17.2 Å². The van der Waals surface area contributed by atoms with Crippen LogP contribution in [0.25, 0.3) is 0 Å². The Balaban J connectivity index is 1.91. The Labute approximate surface area is 126 Å². The van der Waals surface area contributed by atoms with Gasteiger partial charge in [0.2, 0.25) is 5.91 Å². The average Bonchev–Trinajstić information content (AvgIpc) is 2.90. The van der Waals surface area contributed by atoms with Gasteiger partial charge in [0.15, 0.2) is 0 Å². The average molecular weight is 297 g/mol. The van der Waals surface area contributed by atoms with Crippen LogP contribution in [-0.4, -0.2) is 36.7 Å². The largest absolute Gasteiger partial charge is 0.481 e. The summed E-state index contributed by atoms with van der Waals surface area (Å²) in [6.45, 7) is 6.33. The molecule has 120 valence electrons. The quantitative estimate of drug-likeness (QED) is 0.814. The minimum absolute atomic E-state index is 0.0777. The molecule has 0 radical (unpaired) electrons. The normalized spacial score (nSPS) is 31.8. The van der Waals surface area contributed by atoms with E-state index >= 15 is 0 Å². The highest BCUT2D eigenvalue weighted by molar-refractivity contribution is 5.85. The van der Waals surface area contributed by atoms with Crippen molar-refractivity contribution in [2.24, 2.45) is 23.2 Å². The van der Waals surface area contributed by atoms with Gasteiger partial charge in [-0.15, -0.1) is 0 Å². The predicted octanol–water partition coefficient (Wildman–Crippen LogP) is 2.06. The van der Waals surface area contributed by atoms with Crippen LogP contribution in [0.15, 0.2) is 0 Å². The summed E-state index contributed by atoms with van der Waals surface area (Å²) in [7, 11) is 0. The highest BCUT2D eigenvalue weighted by Crippen LogP contribution is 2.38. The molecule has 1 aliphatic carbocycles. The lowest BCUT2D eigenvalue weighted by Crippen LogP contribution is -2.43. The molecule has 1 saturated heterocycles. The SMILES string of the molecule is CCC1CC(C(=O)O)C(C(=O)NCC2(C)CCOCC2)C1. The van der Waals surface area contributed by atoms with Gasteiger partial charge in [0, 0.05) is 19.8 Å². The Morgan fingerprint density at radius 1 is 1.24 bits per heavy atom. The molecule has 1 aliphatic heterocycles. The smallest absolute Gasteiger partial charge is 0.307 e. The fourth-order valence-corrected chi connectivity index (χ4v) is 3.51. The maximum absolute atomic E-state index is 12.4. The van der Waals surface area contributed by atoms with E-state index in [1.807, 2.05) is 0 Å². The van der Waals surface area contributed by atoms with Crippen LogP contribution in [0.2, 0.25) is 0 Å². The van der Waals surface area contributed by atoms with Crippen LogP contribution in [0.4, 0.5) is 0 Å². The van der Waals surface area contributed by atoms with Gasteiger partial charge in [-0.1, -0.05) is 20.3 Å².